The van der Waals surface area contributed by atoms with Crippen molar-refractivity contribution in [3.8, 4) is 39.3 Å². The maximum Gasteiger partial charge on any atom is 0.113 e. The molecule has 4 heterocycles. The van der Waals surface area contributed by atoms with Crippen molar-refractivity contribution >= 4 is 40.3 Å². The van der Waals surface area contributed by atoms with E-state index in [0.717, 1.165) is 22.5 Å². The fourth-order valence-corrected chi connectivity index (χ4v) is 12.9. The van der Waals surface area contributed by atoms with Gasteiger partial charge in [-0.25, -0.2) is 4.98 Å². The maximum absolute atomic E-state index is 5.42. The van der Waals surface area contributed by atoms with Crippen LogP contribution in [-0.2, 0) is 5.41 Å². The van der Waals surface area contributed by atoms with Gasteiger partial charge in [-0.15, -0.1) is 0 Å². The molecule has 1 atom stereocenters. The Labute approximate surface area is 310 Å². The van der Waals surface area contributed by atoms with Gasteiger partial charge in [0.15, 0.2) is 0 Å². The molecule has 3 heteroatoms. The van der Waals surface area contributed by atoms with E-state index in [4.69, 9.17) is 4.98 Å². The van der Waals surface area contributed by atoms with Crippen molar-refractivity contribution in [2.75, 3.05) is 0 Å². The maximum atomic E-state index is 5.42. The molecule has 0 aliphatic carbocycles. The first-order valence-electron chi connectivity index (χ1n) is 18.6. The standard InChI is InChI=1S/C50H36N2Si/c1-53(2)47-27-14-11-23-40(47)50(39-22-10-13-26-46(39)52-45-25-12-9-20-37(45)38-21-15-24-41(50)49(38)52)42-30-35(28-29-48(42)53)44-32-36(33-16-5-3-6-17-33)31-43(51-44)34-18-7-4-8-19-34/h3-32H,1-2H3. The van der Waals surface area contributed by atoms with E-state index >= 15 is 0 Å². The summed E-state index contributed by atoms with van der Waals surface area (Å²) in [5.74, 6) is 0. The van der Waals surface area contributed by atoms with E-state index in [1.807, 2.05) is 0 Å². The van der Waals surface area contributed by atoms with E-state index in [9.17, 15) is 0 Å². The molecule has 250 valence electrons. The predicted octanol–water partition coefficient (Wildman–Crippen LogP) is 11.0. The Bertz CT molecular complexity index is 2860. The topological polar surface area (TPSA) is 17.8 Å². The van der Waals surface area contributed by atoms with Crippen LogP contribution in [0.15, 0.2) is 182 Å². The summed E-state index contributed by atoms with van der Waals surface area (Å²) in [7, 11) is -2.15. The van der Waals surface area contributed by atoms with Gasteiger partial charge in [0, 0.05) is 21.9 Å². The molecular formula is C50H36N2Si. The molecule has 0 N–H and O–H groups in total. The van der Waals surface area contributed by atoms with Gasteiger partial charge in [0.25, 0.3) is 0 Å². The fourth-order valence-electron chi connectivity index (χ4n) is 9.72. The number of fused-ring (bicyclic) bond motifs is 11. The third-order valence-electron chi connectivity index (χ3n) is 12.0. The van der Waals surface area contributed by atoms with Crippen LogP contribution in [0.2, 0.25) is 13.1 Å². The van der Waals surface area contributed by atoms with Crippen LogP contribution in [0, 0.1) is 0 Å². The third kappa shape index (κ3) is 4.11. The summed E-state index contributed by atoms with van der Waals surface area (Å²) >= 11 is 0. The van der Waals surface area contributed by atoms with E-state index < -0.39 is 13.5 Å². The zero-order valence-electron chi connectivity index (χ0n) is 29.7. The Kier molecular flexibility index (Phi) is 6.36. The van der Waals surface area contributed by atoms with Gasteiger partial charge in [-0.2, -0.15) is 0 Å². The number of benzene rings is 7. The predicted molar refractivity (Wildman–Crippen MR) is 224 cm³/mol. The first kappa shape index (κ1) is 30.3. The van der Waals surface area contributed by atoms with Gasteiger partial charge >= 0.3 is 0 Å². The van der Waals surface area contributed by atoms with Gasteiger partial charge in [-0.1, -0.05) is 165 Å². The van der Waals surface area contributed by atoms with Gasteiger partial charge in [0.05, 0.1) is 33.5 Å². The van der Waals surface area contributed by atoms with Gasteiger partial charge in [-0.3, -0.25) is 0 Å². The normalized spacial score (nSPS) is 16.3. The molecule has 11 rings (SSSR count). The van der Waals surface area contributed by atoms with Crippen molar-refractivity contribution in [3.63, 3.8) is 0 Å². The third-order valence-corrected chi connectivity index (χ3v) is 15.6. The lowest BCUT2D eigenvalue weighted by Gasteiger charge is -2.49. The minimum atomic E-state index is -2.15. The smallest absolute Gasteiger partial charge is 0.113 e. The number of rotatable bonds is 3. The molecule has 9 aromatic rings. The van der Waals surface area contributed by atoms with Crippen LogP contribution in [-0.4, -0.2) is 17.6 Å². The summed E-state index contributed by atoms with van der Waals surface area (Å²) in [5, 5.41) is 5.58. The van der Waals surface area contributed by atoms with Crippen molar-refractivity contribution in [3.05, 3.63) is 204 Å². The van der Waals surface area contributed by atoms with Gasteiger partial charge in [0.1, 0.15) is 8.07 Å². The summed E-state index contributed by atoms with van der Waals surface area (Å²) in [6.07, 6.45) is 0. The summed E-state index contributed by atoms with van der Waals surface area (Å²) in [6, 6.07) is 67.5. The van der Waals surface area contributed by atoms with Crippen LogP contribution in [0.1, 0.15) is 22.3 Å². The molecule has 2 nitrogen and oxygen atoms in total. The van der Waals surface area contributed by atoms with Crippen molar-refractivity contribution in [1.29, 1.82) is 0 Å². The highest BCUT2D eigenvalue weighted by molar-refractivity contribution is 7.01. The molecule has 1 unspecified atom stereocenters. The van der Waals surface area contributed by atoms with Crippen LogP contribution in [0.3, 0.4) is 0 Å². The number of para-hydroxylation sites is 3. The number of hydrogen-bond acceptors (Lipinski definition) is 1. The molecule has 0 bridgehead atoms. The number of nitrogens with zero attached hydrogens (tertiary/aromatic N) is 2. The minimum Gasteiger partial charge on any atom is -0.309 e. The second kappa shape index (κ2) is 11.1. The largest absolute Gasteiger partial charge is 0.309 e. The molecule has 0 saturated heterocycles. The highest BCUT2D eigenvalue weighted by Gasteiger charge is 2.53. The van der Waals surface area contributed by atoms with E-state index in [1.54, 1.807) is 0 Å². The monoisotopic (exact) mass is 692 g/mol. The summed E-state index contributed by atoms with van der Waals surface area (Å²) < 4.78 is 2.53. The molecule has 1 spiro atoms. The second-order valence-electron chi connectivity index (χ2n) is 15.1. The first-order valence-corrected chi connectivity index (χ1v) is 21.6. The Balaban J connectivity index is 1.27. The van der Waals surface area contributed by atoms with Crippen molar-refractivity contribution < 1.29 is 0 Å². The van der Waals surface area contributed by atoms with Crippen molar-refractivity contribution in [2.45, 2.75) is 18.5 Å². The van der Waals surface area contributed by atoms with Crippen LogP contribution in [0.5, 0.6) is 0 Å². The minimum absolute atomic E-state index is 0.524. The van der Waals surface area contributed by atoms with E-state index in [0.29, 0.717) is 0 Å². The average molecular weight is 693 g/mol. The molecule has 2 aliphatic rings. The van der Waals surface area contributed by atoms with Crippen molar-refractivity contribution in [1.82, 2.24) is 9.55 Å². The number of pyridine rings is 1. The van der Waals surface area contributed by atoms with Crippen LogP contribution < -0.4 is 10.4 Å². The molecule has 0 fully saturated rings. The van der Waals surface area contributed by atoms with E-state index in [1.165, 1.54) is 71.2 Å². The molecule has 2 aromatic heterocycles. The van der Waals surface area contributed by atoms with Crippen LogP contribution >= 0.6 is 0 Å². The van der Waals surface area contributed by atoms with Crippen molar-refractivity contribution in [2.24, 2.45) is 0 Å². The van der Waals surface area contributed by atoms with Crippen LogP contribution in [0.25, 0.3) is 61.1 Å². The molecule has 0 amide bonds. The van der Waals surface area contributed by atoms with Gasteiger partial charge < -0.3 is 4.57 Å². The molecule has 2 aliphatic heterocycles. The zero-order chi connectivity index (χ0) is 35.3. The Hall–Kier alpha value is -6.29. The quantitative estimate of drug-likeness (QED) is 0.169. The highest BCUT2D eigenvalue weighted by Crippen LogP contribution is 2.55. The number of hydrogen-bond donors (Lipinski definition) is 0. The Morgan fingerprint density at radius 1 is 0.434 bits per heavy atom. The lowest BCUT2D eigenvalue weighted by atomic mass is 9.62. The van der Waals surface area contributed by atoms with Gasteiger partial charge in [-0.05, 0) is 74.1 Å². The van der Waals surface area contributed by atoms with E-state index in [2.05, 4.69) is 200 Å². The molecule has 0 radical (unpaired) electrons. The highest BCUT2D eigenvalue weighted by atomic mass is 28.3. The van der Waals surface area contributed by atoms with E-state index in [-0.39, 0.29) is 0 Å². The molecule has 53 heavy (non-hydrogen) atoms. The summed E-state index contributed by atoms with van der Waals surface area (Å²) in [4.78, 5) is 5.42. The Morgan fingerprint density at radius 2 is 1.04 bits per heavy atom. The average Bonchev–Trinajstić information content (AvgIpc) is 3.57. The molecular weight excluding hydrogens is 657 g/mol. The lowest BCUT2D eigenvalue weighted by Crippen LogP contribution is -2.63. The SMILES string of the molecule is C[Si]1(C)c2ccccc2C2(c3ccccc3-n3c4ccccc4c4cccc2c43)c2cc(-c3cc(-c4ccccc4)cc(-c4ccccc4)n3)ccc21. The first-order chi connectivity index (χ1) is 26.0. The second-order valence-corrected chi connectivity index (χ2v) is 19.4. The number of aromatic nitrogens is 2. The zero-order valence-corrected chi connectivity index (χ0v) is 30.7. The Morgan fingerprint density at radius 3 is 1.85 bits per heavy atom. The summed E-state index contributed by atoms with van der Waals surface area (Å²) in [5.41, 5.74) is 15.3. The van der Waals surface area contributed by atoms with Gasteiger partial charge in [0.2, 0.25) is 0 Å². The summed E-state index contributed by atoms with van der Waals surface area (Å²) in [6.45, 7) is 5.07. The molecule has 0 saturated carbocycles. The lowest BCUT2D eigenvalue weighted by molar-refractivity contribution is 0.732. The molecule has 7 aromatic carbocycles. The fraction of sp³-hybridized carbons (Fsp3) is 0.0600. The van der Waals surface area contributed by atoms with Crippen LogP contribution in [0.4, 0.5) is 0 Å².